The first-order chi connectivity index (χ1) is 23.3. The van der Waals surface area contributed by atoms with E-state index in [1.807, 2.05) is 30.5 Å². The largest absolute Gasteiger partial charge is 0.455 e. The minimum Gasteiger partial charge on any atom is -0.455 e. The summed E-state index contributed by atoms with van der Waals surface area (Å²) in [5, 5.41) is 7.72. The van der Waals surface area contributed by atoms with Gasteiger partial charge in [0.05, 0.1) is 27.9 Å². The van der Waals surface area contributed by atoms with Gasteiger partial charge in [0.2, 0.25) is 0 Å². The maximum atomic E-state index is 6.49. The summed E-state index contributed by atoms with van der Waals surface area (Å²) in [6.07, 6.45) is 1.83. The Morgan fingerprint density at radius 2 is 1.09 bits per heavy atom. The first-order valence-electron chi connectivity index (χ1n) is 15.8. The second-order valence-electron chi connectivity index (χ2n) is 12.0. The summed E-state index contributed by atoms with van der Waals surface area (Å²) >= 11 is 0. The molecule has 0 aliphatic carbocycles. The summed E-state index contributed by atoms with van der Waals surface area (Å²) in [6, 6.07) is 50.7. The number of aromatic nitrogens is 3. The SMILES string of the molecule is c1cnc2c(c1)ccc1ccc(-c3ccc(-c4ccc(-c5nc6ccccc6c6c5ccc5c7ccccc7oc56)cc4)cc3)nc12. The van der Waals surface area contributed by atoms with Gasteiger partial charge in [-0.15, -0.1) is 0 Å². The lowest BCUT2D eigenvalue weighted by atomic mass is 9.96. The third kappa shape index (κ3) is 4.05. The van der Waals surface area contributed by atoms with Crippen LogP contribution in [0.25, 0.3) is 99.1 Å². The van der Waals surface area contributed by atoms with Crippen LogP contribution in [0.2, 0.25) is 0 Å². The van der Waals surface area contributed by atoms with Crippen molar-refractivity contribution in [2.75, 3.05) is 0 Å². The molecule has 10 rings (SSSR count). The quantitative estimate of drug-likeness (QED) is 0.190. The third-order valence-corrected chi connectivity index (χ3v) is 9.31. The molecule has 0 radical (unpaired) electrons. The monoisotopic (exact) mass is 599 g/mol. The highest BCUT2D eigenvalue weighted by molar-refractivity contribution is 6.24. The van der Waals surface area contributed by atoms with Crippen LogP contribution in [0.4, 0.5) is 0 Å². The Balaban J connectivity index is 1.04. The molecule has 0 N–H and O–H groups in total. The van der Waals surface area contributed by atoms with E-state index in [0.717, 1.165) is 99.1 Å². The second kappa shape index (κ2) is 10.1. The van der Waals surface area contributed by atoms with Crippen LogP contribution >= 0.6 is 0 Å². The van der Waals surface area contributed by atoms with Crippen molar-refractivity contribution in [3.63, 3.8) is 0 Å². The maximum Gasteiger partial charge on any atom is 0.144 e. The molecule has 218 valence electrons. The van der Waals surface area contributed by atoms with E-state index in [1.165, 1.54) is 0 Å². The molecule has 4 heteroatoms. The number of hydrogen-bond donors (Lipinski definition) is 0. The smallest absolute Gasteiger partial charge is 0.144 e. The molecule has 0 saturated carbocycles. The Kier molecular flexibility index (Phi) is 5.54. The van der Waals surface area contributed by atoms with Crippen LogP contribution in [0.1, 0.15) is 0 Å². The zero-order valence-corrected chi connectivity index (χ0v) is 25.2. The Bertz CT molecular complexity index is 2830. The lowest BCUT2D eigenvalue weighted by molar-refractivity contribution is 0.673. The molecular weight excluding hydrogens is 574 g/mol. The summed E-state index contributed by atoms with van der Waals surface area (Å²) in [5.41, 5.74) is 10.9. The van der Waals surface area contributed by atoms with Gasteiger partial charge in [0, 0.05) is 55.0 Å². The lowest BCUT2D eigenvalue weighted by Gasteiger charge is -2.11. The number of para-hydroxylation sites is 2. The van der Waals surface area contributed by atoms with E-state index < -0.39 is 0 Å². The molecule has 4 heterocycles. The Morgan fingerprint density at radius 3 is 1.91 bits per heavy atom. The molecule has 6 aromatic carbocycles. The number of rotatable bonds is 3. The number of furan rings is 1. The number of nitrogens with zero attached hydrogens (tertiary/aromatic N) is 3. The zero-order valence-electron chi connectivity index (χ0n) is 25.2. The average molecular weight is 600 g/mol. The predicted molar refractivity (Wildman–Crippen MR) is 193 cm³/mol. The van der Waals surface area contributed by atoms with E-state index in [1.54, 1.807) is 0 Å². The molecule has 0 bridgehead atoms. The number of fused-ring (bicyclic) bond motifs is 10. The summed E-state index contributed by atoms with van der Waals surface area (Å²) in [4.78, 5) is 14.8. The van der Waals surface area contributed by atoms with Crippen LogP contribution in [0.5, 0.6) is 0 Å². The predicted octanol–water partition coefficient (Wildman–Crippen LogP) is 11.4. The van der Waals surface area contributed by atoms with Crippen molar-refractivity contribution < 1.29 is 4.42 Å². The molecule has 0 fully saturated rings. The fourth-order valence-electron chi connectivity index (χ4n) is 6.98. The van der Waals surface area contributed by atoms with Crippen molar-refractivity contribution in [1.29, 1.82) is 0 Å². The van der Waals surface area contributed by atoms with Crippen LogP contribution in [0, 0.1) is 0 Å². The summed E-state index contributed by atoms with van der Waals surface area (Å²) in [6.45, 7) is 0. The molecule has 0 aliphatic rings. The van der Waals surface area contributed by atoms with Gasteiger partial charge in [-0.1, -0.05) is 115 Å². The summed E-state index contributed by atoms with van der Waals surface area (Å²) < 4.78 is 6.49. The van der Waals surface area contributed by atoms with Gasteiger partial charge in [-0.2, -0.15) is 0 Å². The number of hydrogen-bond acceptors (Lipinski definition) is 4. The van der Waals surface area contributed by atoms with Crippen molar-refractivity contribution in [2.45, 2.75) is 0 Å². The van der Waals surface area contributed by atoms with Crippen molar-refractivity contribution in [1.82, 2.24) is 15.0 Å². The molecule has 0 aliphatic heterocycles. The zero-order chi connectivity index (χ0) is 30.9. The van der Waals surface area contributed by atoms with Gasteiger partial charge < -0.3 is 4.42 Å². The molecule has 0 saturated heterocycles. The van der Waals surface area contributed by atoms with Gasteiger partial charge in [0.15, 0.2) is 0 Å². The van der Waals surface area contributed by atoms with Gasteiger partial charge in [0.1, 0.15) is 11.2 Å². The highest BCUT2D eigenvalue weighted by atomic mass is 16.3. The fraction of sp³-hybridized carbons (Fsp3) is 0. The van der Waals surface area contributed by atoms with Crippen LogP contribution in [0.15, 0.2) is 156 Å². The average Bonchev–Trinajstić information content (AvgIpc) is 3.53. The normalized spacial score (nSPS) is 11.8. The highest BCUT2D eigenvalue weighted by Crippen LogP contribution is 2.41. The molecule has 47 heavy (non-hydrogen) atoms. The Labute approximate surface area is 269 Å². The van der Waals surface area contributed by atoms with E-state index >= 15 is 0 Å². The van der Waals surface area contributed by atoms with Crippen molar-refractivity contribution in [3.05, 3.63) is 152 Å². The Morgan fingerprint density at radius 1 is 0.426 bits per heavy atom. The minimum absolute atomic E-state index is 0.898. The minimum atomic E-state index is 0.898. The highest BCUT2D eigenvalue weighted by Gasteiger charge is 2.17. The second-order valence-corrected chi connectivity index (χ2v) is 12.0. The molecule has 0 amide bonds. The number of benzene rings is 6. The van der Waals surface area contributed by atoms with Crippen LogP contribution < -0.4 is 0 Å². The maximum absolute atomic E-state index is 6.49. The van der Waals surface area contributed by atoms with Gasteiger partial charge in [0.25, 0.3) is 0 Å². The van der Waals surface area contributed by atoms with Crippen LogP contribution in [0.3, 0.4) is 0 Å². The van der Waals surface area contributed by atoms with E-state index in [4.69, 9.17) is 14.4 Å². The molecule has 4 aromatic heterocycles. The third-order valence-electron chi connectivity index (χ3n) is 9.31. The van der Waals surface area contributed by atoms with E-state index in [0.29, 0.717) is 0 Å². The number of pyridine rings is 3. The van der Waals surface area contributed by atoms with Crippen molar-refractivity contribution in [2.24, 2.45) is 0 Å². The standard InChI is InChI=1S/C43H25N3O/c1-3-9-37-34(8-1)39-35(23-22-33-32-7-2-4-10-38(32)47-43(33)39)40(46-37)30-17-13-27(14-18-30)26-11-15-28(16-12-26)36-24-21-31-20-19-29-6-5-25-44-41(29)42(31)45-36/h1-25H. The van der Waals surface area contributed by atoms with E-state index in [2.05, 4.69) is 126 Å². The Hall–Kier alpha value is -6.39. The van der Waals surface area contributed by atoms with Crippen LogP contribution in [-0.2, 0) is 0 Å². The fourth-order valence-corrected chi connectivity index (χ4v) is 6.98. The molecule has 10 aromatic rings. The van der Waals surface area contributed by atoms with Crippen molar-refractivity contribution >= 4 is 65.4 Å². The first-order valence-corrected chi connectivity index (χ1v) is 15.8. The van der Waals surface area contributed by atoms with Crippen LogP contribution in [-0.4, -0.2) is 15.0 Å². The van der Waals surface area contributed by atoms with Gasteiger partial charge in [-0.3, -0.25) is 4.98 Å². The molecule has 0 unspecified atom stereocenters. The molecular formula is C43H25N3O. The molecule has 4 nitrogen and oxygen atoms in total. The summed E-state index contributed by atoms with van der Waals surface area (Å²) in [7, 11) is 0. The first kappa shape index (κ1) is 25.9. The van der Waals surface area contributed by atoms with E-state index in [-0.39, 0.29) is 0 Å². The molecule has 0 atom stereocenters. The summed E-state index contributed by atoms with van der Waals surface area (Å²) in [5.74, 6) is 0. The van der Waals surface area contributed by atoms with Gasteiger partial charge in [-0.05, 0) is 41.5 Å². The van der Waals surface area contributed by atoms with Gasteiger partial charge >= 0.3 is 0 Å². The van der Waals surface area contributed by atoms with Gasteiger partial charge in [-0.25, -0.2) is 9.97 Å². The molecule has 0 spiro atoms. The van der Waals surface area contributed by atoms with Crippen molar-refractivity contribution in [3.8, 4) is 33.6 Å². The topological polar surface area (TPSA) is 51.8 Å². The van der Waals surface area contributed by atoms with E-state index in [9.17, 15) is 0 Å². The lowest BCUT2D eigenvalue weighted by Crippen LogP contribution is -1.90.